The molecule has 1 rings (SSSR count). The van der Waals surface area contributed by atoms with E-state index in [-0.39, 0.29) is 22.9 Å². The first kappa shape index (κ1) is 17.8. The van der Waals surface area contributed by atoms with Crippen molar-refractivity contribution in [1.29, 1.82) is 0 Å². The van der Waals surface area contributed by atoms with Crippen molar-refractivity contribution in [2.45, 2.75) is 37.6 Å². The monoisotopic (exact) mass is 336 g/mol. The number of nitrogens with zero attached hydrogens (tertiary/aromatic N) is 1. The quantitative estimate of drug-likeness (QED) is 0.584. The minimum Gasteiger partial charge on any atom is -0.396 e. The molecule has 0 aliphatic rings. The predicted octanol–water partition coefficient (Wildman–Crippen LogP) is 2.00. The Bertz CT molecular complexity index is 633. The second kappa shape index (κ2) is 7.17. The van der Waals surface area contributed by atoms with Crippen molar-refractivity contribution in [3.05, 3.63) is 32.8 Å². The Labute approximate surface area is 128 Å². The van der Waals surface area contributed by atoms with E-state index in [0.717, 1.165) is 6.07 Å². The molecule has 7 nitrogen and oxygen atoms in total. The summed E-state index contributed by atoms with van der Waals surface area (Å²) in [5, 5.41) is 19.7. The van der Waals surface area contributed by atoms with Gasteiger partial charge in [-0.1, -0.05) is 18.5 Å². The van der Waals surface area contributed by atoms with E-state index >= 15 is 0 Å². The van der Waals surface area contributed by atoms with Crippen LogP contribution >= 0.6 is 11.6 Å². The average molecular weight is 337 g/mol. The highest BCUT2D eigenvalue weighted by atomic mass is 35.5. The Morgan fingerprint density at radius 3 is 2.57 bits per heavy atom. The van der Waals surface area contributed by atoms with E-state index in [2.05, 4.69) is 4.72 Å². The Morgan fingerprint density at radius 2 is 2.10 bits per heavy atom. The molecule has 0 spiro atoms. The van der Waals surface area contributed by atoms with Crippen LogP contribution in [0.15, 0.2) is 17.0 Å². The standard InChI is InChI=1S/C12H17ClN2O5S/c1-3-9(4-5-16)14-21(19,20)12-7-11(15(17)18)10(13)6-8(12)2/h6-7,9,14,16H,3-5H2,1-2H3. The van der Waals surface area contributed by atoms with E-state index in [4.69, 9.17) is 16.7 Å². The molecule has 0 aliphatic carbocycles. The molecule has 1 aromatic rings. The lowest BCUT2D eigenvalue weighted by Gasteiger charge is -2.17. The predicted molar refractivity (Wildman–Crippen MR) is 78.9 cm³/mol. The normalized spacial score (nSPS) is 13.1. The number of halogens is 1. The van der Waals surface area contributed by atoms with E-state index < -0.39 is 26.7 Å². The number of aryl methyl sites for hydroxylation is 1. The first-order valence-electron chi connectivity index (χ1n) is 6.30. The number of hydrogen-bond acceptors (Lipinski definition) is 5. The largest absolute Gasteiger partial charge is 0.396 e. The van der Waals surface area contributed by atoms with Gasteiger partial charge in [0, 0.05) is 18.7 Å². The summed E-state index contributed by atoms with van der Waals surface area (Å²) >= 11 is 5.74. The van der Waals surface area contributed by atoms with Crippen LogP contribution in [-0.2, 0) is 10.0 Å². The van der Waals surface area contributed by atoms with E-state index in [1.54, 1.807) is 6.92 Å². The molecule has 0 amide bonds. The number of hydrogen-bond donors (Lipinski definition) is 2. The Hall–Kier alpha value is -1.22. The summed E-state index contributed by atoms with van der Waals surface area (Å²) in [4.78, 5) is 9.95. The fourth-order valence-corrected chi connectivity index (χ4v) is 3.74. The molecule has 2 N–H and O–H groups in total. The zero-order valence-electron chi connectivity index (χ0n) is 11.7. The van der Waals surface area contributed by atoms with Gasteiger partial charge in [-0.15, -0.1) is 0 Å². The molecule has 1 unspecified atom stereocenters. The molecule has 9 heteroatoms. The summed E-state index contributed by atoms with van der Waals surface area (Å²) in [5.74, 6) is 0. The maximum atomic E-state index is 12.3. The molecule has 0 aliphatic heterocycles. The van der Waals surface area contributed by atoms with Crippen LogP contribution in [0.25, 0.3) is 0 Å². The molecule has 0 aromatic heterocycles. The molecule has 0 saturated carbocycles. The van der Waals surface area contributed by atoms with Crippen LogP contribution < -0.4 is 4.72 Å². The molecule has 0 bridgehead atoms. The number of sulfonamides is 1. The number of nitro groups is 1. The molecule has 118 valence electrons. The maximum absolute atomic E-state index is 12.3. The van der Waals surface area contributed by atoms with Gasteiger partial charge in [-0.25, -0.2) is 13.1 Å². The van der Waals surface area contributed by atoms with Gasteiger partial charge in [0.1, 0.15) is 5.02 Å². The summed E-state index contributed by atoms with van der Waals surface area (Å²) in [6.07, 6.45) is 0.763. The first-order valence-corrected chi connectivity index (χ1v) is 8.16. The van der Waals surface area contributed by atoms with Crippen molar-refractivity contribution < 1.29 is 18.4 Å². The molecular weight excluding hydrogens is 320 g/mol. The third-order valence-electron chi connectivity index (χ3n) is 3.02. The van der Waals surface area contributed by atoms with Crippen LogP contribution in [0, 0.1) is 17.0 Å². The van der Waals surface area contributed by atoms with Gasteiger partial charge in [0.2, 0.25) is 10.0 Å². The second-order valence-electron chi connectivity index (χ2n) is 4.56. The van der Waals surface area contributed by atoms with Crippen LogP contribution in [-0.4, -0.2) is 31.1 Å². The van der Waals surface area contributed by atoms with E-state index in [0.29, 0.717) is 12.0 Å². The van der Waals surface area contributed by atoms with Crippen molar-refractivity contribution in [1.82, 2.24) is 4.72 Å². The number of rotatable bonds is 7. The van der Waals surface area contributed by atoms with Crippen LogP contribution in [0.4, 0.5) is 5.69 Å². The lowest BCUT2D eigenvalue weighted by atomic mass is 10.2. The molecule has 0 fully saturated rings. The van der Waals surface area contributed by atoms with Crippen molar-refractivity contribution in [3.8, 4) is 0 Å². The molecule has 0 saturated heterocycles. The smallest absolute Gasteiger partial charge is 0.289 e. The van der Waals surface area contributed by atoms with Gasteiger partial charge in [0.15, 0.2) is 0 Å². The van der Waals surface area contributed by atoms with Crippen LogP contribution in [0.2, 0.25) is 5.02 Å². The van der Waals surface area contributed by atoms with Gasteiger partial charge in [-0.3, -0.25) is 10.1 Å². The highest BCUT2D eigenvalue weighted by Gasteiger charge is 2.25. The first-order chi connectivity index (χ1) is 9.72. The van der Waals surface area contributed by atoms with Crippen molar-refractivity contribution >= 4 is 27.3 Å². The Morgan fingerprint density at radius 1 is 1.48 bits per heavy atom. The summed E-state index contributed by atoms with van der Waals surface area (Å²) in [6.45, 7) is 3.14. The highest BCUT2D eigenvalue weighted by Crippen LogP contribution is 2.30. The molecule has 1 atom stereocenters. The molecule has 0 radical (unpaired) electrons. The van der Waals surface area contributed by atoms with Gasteiger partial charge < -0.3 is 5.11 Å². The van der Waals surface area contributed by atoms with E-state index in [1.807, 2.05) is 0 Å². The highest BCUT2D eigenvalue weighted by molar-refractivity contribution is 7.89. The van der Waals surface area contributed by atoms with Crippen molar-refractivity contribution in [2.24, 2.45) is 0 Å². The SMILES string of the molecule is CCC(CCO)NS(=O)(=O)c1cc([N+](=O)[O-])c(Cl)cc1C. The van der Waals surface area contributed by atoms with Gasteiger partial charge >= 0.3 is 0 Å². The Balaban J connectivity index is 3.25. The van der Waals surface area contributed by atoms with Crippen molar-refractivity contribution in [3.63, 3.8) is 0 Å². The lowest BCUT2D eigenvalue weighted by Crippen LogP contribution is -2.35. The topological polar surface area (TPSA) is 110 Å². The van der Waals surface area contributed by atoms with Gasteiger partial charge in [0.25, 0.3) is 5.69 Å². The molecule has 21 heavy (non-hydrogen) atoms. The number of aliphatic hydroxyl groups excluding tert-OH is 1. The third-order valence-corrected chi connectivity index (χ3v) is 4.99. The lowest BCUT2D eigenvalue weighted by molar-refractivity contribution is -0.384. The Kier molecular flexibility index (Phi) is 6.09. The van der Waals surface area contributed by atoms with Crippen LogP contribution in [0.1, 0.15) is 25.3 Å². The molecular formula is C12H17ClN2O5S. The summed E-state index contributed by atoms with van der Waals surface area (Å²) in [6, 6.07) is 1.77. The van der Waals surface area contributed by atoms with Gasteiger partial charge in [-0.05, 0) is 31.4 Å². The van der Waals surface area contributed by atoms with Gasteiger partial charge in [-0.2, -0.15) is 0 Å². The summed E-state index contributed by atoms with van der Waals surface area (Å²) in [5.41, 5.74) is -0.144. The minimum atomic E-state index is -3.92. The fraction of sp³-hybridized carbons (Fsp3) is 0.500. The minimum absolute atomic E-state index is 0.112. The van der Waals surface area contributed by atoms with Crippen molar-refractivity contribution in [2.75, 3.05) is 6.61 Å². The third kappa shape index (κ3) is 4.37. The summed E-state index contributed by atoms with van der Waals surface area (Å²) in [7, 11) is -3.92. The molecule has 0 heterocycles. The number of benzene rings is 1. The van der Waals surface area contributed by atoms with Crippen LogP contribution in [0.3, 0.4) is 0 Å². The van der Waals surface area contributed by atoms with Gasteiger partial charge in [0.05, 0.1) is 9.82 Å². The zero-order valence-corrected chi connectivity index (χ0v) is 13.2. The second-order valence-corrected chi connectivity index (χ2v) is 6.65. The van der Waals surface area contributed by atoms with E-state index in [9.17, 15) is 18.5 Å². The van der Waals surface area contributed by atoms with Crippen LogP contribution in [0.5, 0.6) is 0 Å². The maximum Gasteiger partial charge on any atom is 0.289 e. The fourth-order valence-electron chi connectivity index (χ4n) is 1.86. The number of nitro benzene ring substituents is 1. The molecule has 1 aromatic carbocycles. The average Bonchev–Trinajstić information content (AvgIpc) is 2.37. The number of nitrogens with one attached hydrogen (secondary N) is 1. The van der Waals surface area contributed by atoms with E-state index in [1.165, 1.54) is 13.0 Å². The summed E-state index contributed by atoms with van der Waals surface area (Å²) < 4.78 is 27.1. The zero-order chi connectivity index (χ0) is 16.2. The number of aliphatic hydroxyl groups is 1.